The number of hydrogen-bond acceptors (Lipinski definition) is 6. The van der Waals surface area contributed by atoms with Crippen LogP contribution < -0.4 is 9.64 Å². The SMILES string of the molecule is COc1ccccc1N1CCN2C1=NC1C2C(=O)N(Cc2ccc(Cl)c(Cl)c2)C(=O)N1C. The first kappa shape index (κ1) is 20.9. The average Bonchev–Trinajstić information content (AvgIpc) is 3.37. The summed E-state index contributed by atoms with van der Waals surface area (Å²) in [6.07, 6.45) is -0.576. The third kappa shape index (κ3) is 3.17. The van der Waals surface area contributed by atoms with E-state index in [0.717, 1.165) is 17.0 Å². The van der Waals surface area contributed by atoms with Gasteiger partial charge in [0.1, 0.15) is 5.75 Å². The number of nitrogens with zero attached hydrogens (tertiary/aromatic N) is 5. The first-order chi connectivity index (χ1) is 15.4. The van der Waals surface area contributed by atoms with E-state index in [1.54, 1.807) is 32.4 Å². The number of anilines is 1. The maximum Gasteiger partial charge on any atom is 0.328 e. The molecule has 0 radical (unpaired) electrons. The van der Waals surface area contributed by atoms with Gasteiger partial charge >= 0.3 is 6.03 Å². The number of methoxy groups -OCH3 is 1. The number of hydrogen-bond donors (Lipinski definition) is 0. The predicted octanol–water partition coefficient (Wildman–Crippen LogP) is 3.28. The van der Waals surface area contributed by atoms with Gasteiger partial charge in [-0.25, -0.2) is 9.79 Å². The second-order valence-electron chi connectivity index (χ2n) is 7.87. The number of imide groups is 1. The molecule has 2 unspecified atom stereocenters. The molecule has 2 saturated heterocycles. The van der Waals surface area contributed by atoms with Crippen LogP contribution in [0.1, 0.15) is 5.56 Å². The molecule has 8 nitrogen and oxygen atoms in total. The molecule has 2 atom stereocenters. The molecule has 3 aliphatic rings. The van der Waals surface area contributed by atoms with E-state index in [9.17, 15) is 9.59 Å². The lowest BCUT2D eigenvalue weighted by atomic mass is 10.1. The van der Waals surface area contributed by atoms with Crippen LogP contribution in [0.25, 0.3) is 0 Å². The quantitative estimate of drug-likeness (QED) is 0.681. The fourth-order valence-corrected chi connectivity index (χ4v) is 4.80. The minimum Gasteiger partial charge on any atom is -0.495 e. The van der Waals surface area contributed by atoms with Crippen molar-refractivity contribution in [1.82, 2.24) is 14.7 Å². The van der Waals surface area contributed by atoms with Gasteiger partial charge in [-0.1, -0.05) is 41.4 Å². The van der Waals surface area contributed by atoms with Gasteiger partial charge in [-0.15, -0.1) is 0 Å². The Labute approximate surface area is 195 Å². The van der Waals surface area contributed by atoms with E-state index in [0.29, 0.717) is 29.1 Å². The summed E-state index contributed by atoms with van der Waals surface area (Å²) in [5, 5.41) is 0.803. The molecule has 3 aliphatic heterocycles. The number of benzene rings is 2. The van der Waals surface area contributed by atoms with Crippen molar-refractivity contribution in [3.63, 3.8) is 0 Å². The monoisotopic (exact) mass is 473 g/mol. The lowest BCUT2D eigenvalue weighted by Gasteiger charge is -2.40. The van der Waals surface area contributed by atoms with Gasteiger partial charge in [0.15, 0.2) is 12.2 Å². The van der Waals surface area contributed by atoms with Crippen molar-refractivity contribution in [3.8, 4) is 5.75 Å². The van der Waals surface area contributed by atoms with Crippen molar-refractivity contribution in [1.29, 1.82) is 0 Å². The Morgan fingerprint density at radius 2 is 1.88 bits per heavy atom. The Morgan fingerprint density at radius 1 is 1.09 bits per heavy atom. The molecule has 0 bridgehead atoms. The Kier molecular flexibility index (Phi) is 5.14. The molecule has 0 aromatic heterocycles. The van der Waals surface area contributed by atoms with Gasteiger partial charge in [0.25, 0.3) is 5.91 Å². The molecule has 166 valence electrons. The fourth-order valence-electron chi connectivity index (χ4n) is 4.48. The van der Waals surface area contributed by atoms with E-state index in [-0.39, 0.29) is 12.5 Å². The molecule has 0 aliphatic carbocycles. The highest BCUT2D eigenvalue weighted by Crippen LogP contribution is 2.37. The summed E-state index contributed by atoms with van der Waals surface area (Å²) in [4.78, 5) is 38.1. The van der Waals surface area contributed by atoms with E-state index in [1.807, 2.05) is 34.1 Å². The number of carbonyl (C=O) groups excluding carboxylic acids is 2. The zero-order chi connectivity index (χ0) is 22.6. The lowest BCUT2D eigenvalue weighted by molar-refractivity contribution is -0.137. The minimum absolute atomic E-state index is 0.113. The number of ether oxygens (including phenoxy) is 1. The summed E-state index contributed by atoms with van der Waals surface area (Å²) in [6.45, 7) is 1.40. The van der Waals surface area contributed by atoms with Gasteiger partial charge in [-0.05, 0) is 29.8 Å². The summed E-state index contributed by atoms with van der Waals surface area (Å²) in [5.41, 5.74) is 1.60. The Balaban J connectivity index is 1.44. The molecule has 0 saturated carbocycles. The molecule has 0 N–H and O–H groups in total. The normalized spacial score (nSPS) is 22.3. The zero-order valence-electron chi connectivity index (χ0n) is 17.5. The van der Waals surface area contributed by atoms with Crippen LogP contribution in [0, 0.1) is 0 Å². The first-order valence-electron chi connectivity index (χ1n) is 10.2. The molecule has 0 spiro atoms. The summed E-state index contributed by atoms with van der Waals surface area (Å²) < 4.78 is 5.51. The van der Waals surface area contributed by atoms with Crippen LogP contribution in [-0.4, -0.2) is 72.1 Å². The minimum atomic E-state index is -0.576. The molecule has 2 aromatic carbocycles. The molecule has 2 aromatic rings. The van der Waals surface area contributed by atoms with Crippen molar-refractivity contribution in [2.75, 3.05) is 32.1 Å². The molecule has 10 heteroatoms. The number of para-hydroxylation sites is 2. The maximum atomic E-state index is 13.5. The number of urea groups is 1. The molecular formula is C22H21Cl2N5O3. The summed E-state index contributed by atoms with van der Waals surface area (Å²) in [7, 11) is 3.30. The van der Waals surface area contributed by atoms with Crippen molar-refractivity contribution >= 4 is 46.8 Å². The number of carbonyl (C=O) groups is 2. The van der Waals surface area contributed by atoms with Crippen LogP contribution in [0.4, 0.5) is 10.5 Å². The Bertz CT molecular complexity index is 1140. The highest BCUT2D eigenvalue weighted by molar-refractivity contribution is 6.42. The number of amides is 3. The number of likely N-dealkylation sites (N-methyl/N-ethyl adjacent to an activating group) is 1. The number of rotatable bonds is 4. The van der Waals surface area contributed by atoms with Gasteiger partial charge < -0.3 is 19.4 Å². The van der Waals surface area contributed by atoms with Crippen molar-refractivity contribution in [2.45, 2.75) is 18.8 Å². The third-order valence-corrected chi connectivity index (χ3v) is 6.82. The molecular weight excluding hydrogens is 453 g/mol. The van der Waals surface area contributed by atoms with Crippen LogP contribution in [-0.2, 0) is 11.3 Å². The Morgan fingerprint density at radius 3 is 2.62 bits per heavy atom. The standard InChI is InChI=1S/C22H21Cl2N5O3/c1-26-19-18(20(30)29(22(26)31)12-13-7-8-14(23)15(24)11-13)28-10-9-27(21(28)25-19)16-5-3-4-6-17(16)32-2/h3-8,11,18-19H,9-10,12H2,1-2H3. The van der Waals surface area contributed by atoms with Crippen molar-refractivity contribution in [2.24, 2.45) is 4.99 Å². The van der Waals surface area contributed by atoms with E-state index in [1.165, 1.54) is 9.80 Å². The van der Waals surface area contributed by atoms with Crippen LogP contribution in [0.3, 0.4) is 0 Å². The smallest absolute Gasteiger partial charge is 0.328 e. The predicted molar refractivity (Wildman–Crippen MR) is 122 cm³/mol. The Hall–Kier alpha value is -2.97. The van der Waals surface area contributed by atoms with Crippen LogP contribution in [0.5, 0.6) is 5.75 Å². The largest absolute Gasteiger partial charge is 0.495 e. The van der Waals surface area contributed by atoms with Crippen LogP contribution in [0.15, 0.2) is 47.5 Å². The second kappa shape index (κ2) is 7.86. The van der Waals surface area contributed by atoms with Gasteiger partial charge in [-0.2, -0.15) is 0 Å². The van der Waals surface area contributed by atoms with Gasteiger partial charge in [0.05, 0.1) is 29.4 Å². The molecule has 3 amide bonds. The highest BCUT2D eigenvalue weighted by Gasteiger charge is 2.54. The molecule has 32 heavy (non-hydrogen) atoms. The van der Waals surface area contributed by atoms with E-state index in [2.05, 4.69) is 0 Å². The molecule has 5 rings (SSSR count). The maximum absolute atomic E-state index is 13.5. The lowest BCUT2D eigenvalue weighted by Crippen LogP contribution is -2.64. The fraction of sp³-hybridized carbons (Fsp3) is 0.318. The van der Waals surface area contributed by atoms with Gasteiger partial charge in [0.2, 0.25) is 5.96 Å². The highest BCUT2D eigenvalue weighted by atomic mass is 35.5. The van der Waals surface area contributed by atoms with Crippen molar-refractivity contribution in [3.05, 3.63) is 58.1 Å². The van der Waals surface area contributed by atoms with Gasteiger partial charge in [-0.3, -0.25) is 9.69 Å². The topological polar surface area (TPSA) is 68.7 Å². The number of fused-ring (bicyclic) bond motifs is 3. The third-order valence-electron chi connectivity index (χ3n) is 6.08. The molecule has 2 fully saturated rings. The van der Waals surface area contributed by atoms with E-state index in [4.69, 9.17) is 32.9 Å². The number of halogens is 2. The van der Waals surface area contributed by atoms with Crippen molar-refractivity contribution < 1.29 is 14.3 Å². The average molecular weight is 474 g/mol. The second-order valence-corrected chi connectivity index (χ2v) is 8.69. The van der Waals surface area contributed by atoms with Crippen LogP contribution >= 0.6 is 23.2 Å². The molecule has 3 heterocycles. The van der Waals surface area contributed by atoms with E-state index >= 15 is 0 Å². The van der Waals surface area contributed by atoms with E-state index < -0.39 is 18.2 Å². The number of guanidine groups is 1. The number of aliphatic imine (C=N–C) groups is 1. The summed E-state index contributed by atoms with van der Waals surface area (Å²) in [6, 6.07) is 11.8. The summed E-state index contributed by atoms with van der Waals surface area (Å²) >= 11 is 12.1. The summed E-state index contributed by atoms with van der Waals surface area (Å²) in [5.74, 6) is 1.13. The zero-order valence-corrected chi connectivity index (χ0v) is 19.0. The first-order valence-corrected chi connectivity index (χ1v) is 10.9. The van der Waals surface area contributed by atoms with Crippen LogP contribution in [0.2, 0.25) is 10.0 Å². The van der Waals surface area contributed by atoms with Gasteiger partial charge in [0, 0.05) is 20.1 Å².